The Morgan fingerprint density at radius 1 is 1.18 bits per heavy atom. The van der Waals surface area contributed by atoms with Crippen molar-refractivity contribution in [1.82, 2.24) is 9.13 Å². The van der Waals surface area contributed by atoms with E-state index in [0.29, 0.717) is 11.3 Å². The van der Waals surface area contributed by atoms with Crippen LogP contribution >= 0.6 is 0 Å². The quantitative estimate of drug-likeness (QED) is 0.753. The summed E-state index contributed by atoms with van der Waals surface area (Å²) in [6, 6.07) is 6.84. The van der Waals surface area contributed by atoms with Gasteiger partial charge < -0.3 is 19.9 Å². The van der Waals surface area contributed by atoms with Gasteiger partial charge in [-0.15, -0.1) is 0 Å². The van der Waals surface area contributed by atoms with Gasteiger partial charge >= 0.3 is 11.7 Å². The lowest BCUT2D eigenvalue weighted by atomic mass is 9.84. The van der Waals surface area contributed by atoms with Gasteiger partial charge in [-0.05, 0) is 24.6 Å². The normalized spacial score (nSPS) is 15.6. The number of carbonyl (C=O) groups excluding carboxylic acids is 1. The number of nitrogens with two attached hydrogens (primary N) is 1. The second-order valence-corrected chi connectivity index (χ2v) is 6.23. The smallest absolute Gasteiger partial charge is 0.340 e. The highest BCUT2D eigenvalue weighted by molar-refractivity contribution is 5.92. The molecule has 1 aliphatic rings. The van der Waals surface area contributed by atoms with Gasteiger partial charge in [-0.1, -0.05) is 12.1 Å². The third-order valence-corrected chi connectivity index (χ3v) is 4.64. The molecule has 9 heteroatoms. The number of hydrogen-bond donors (Lipinski definition) is 1. The van der Waals surface area contributed by atoms with Crippen molar-refractivity contribution >= 4 is 5.97 Å². The number of carbonyl (C=O) groups is 1. The first-order valence-electron chi connectivity index (χ1n) is 8.60. The van der Waals surface area contributed by atoms with Crippen molar-refractivity contribution in [3.63, 3.8) is 0 Å². The topological polar surface area (TPSA) is 115 Å². The predicted molar refractivity (Wildman–Crippen MR) is 100 cm³/mol. The van der Waals surface area contributed by atoms with Crippen LogP contribution in [0.4, 0.5) is 0 Å². The summed E-state index contributed by atoms with van der Waals surface area (Å²) >= 11 is 0. The Morgan fingerprint density at radius 2 is 1.82 bits per heavy atom. The van der Waals surface area contributed by atoms with Gasteiger partial charge in [0.1, 0.15) is 11.3 Å². The molecule has 0 radical (unpaired) electrons. The molecule has 9 nitrogen and oxygen atoms in total. The molecule has 0 amide bonds. The third kappa shape index (κ3) is 2.94. The fraction of sp³-hybridized carbons (Fsp3) is 0.316. The molecule has 0 unspecified atom stereocenters. The first-order valence-corrected chi connectivity index (χ1v) is 8.60. The van der Waals surface area contributed by atoms with Crippen molar-refractivity contribution in [1.29, 1.82) is 0 Å². The lowest BCUT2D eigenvalue weighted by molar-refractivity contribution is -0.139. The van der Waals surface area contributed by atoms with Crippen molar-refractivity contribution in [2.45, 2.75) is 12.8 Å². The van der Waals surface area contributed by atoms with Gasteiger partial charge in [-0.2, -0.15) is 0 Å². The van der Waals surface area contributed by atoms with Crippen LogP contribution in [0.15, 0.2) is 45.3 Å². The Balaban J connectivity index is 2.34. The van der Waals surface area contributed by atoms with Gasteiger partial charge in [0, 0.05) is 14.1 Å². The van der Waals surface area contributed by atoms with Crippen LogP contribution in [0.25, 0.3) is 0 Å². The summed E-state index contributed by atoms with van der Waals surface area (Å²) in [7, 11) is 4.36. The number of hydrogen-bond acceptors (Lipinski definition) is 7. The number of aromatic nitrogens is 2. The minimum Gasteiger partial charge on any atom is -0.497 e. The van der Waals surface area contributed by atoms with Crippen molar-refractivity contribution in [2.75, 3.05) is 13.7 Å². The maximum Gasteiger partial charge on any atom is 0.340 e. The van der Waals surface area contributed by atoms with Crippen molar-refractivity contribution in [3.8, 4) is 11.6 Å². The van der Waals surface area contributed by atoms with E-state index in [9.17, 15) is 14.4 Å². The molecular formula is C19H21N3O6. The molecule has 0 bridgehead atoms. The molecule has 1 aromatic heterocycles. The molecule has 0 fully saturated rings. The highest BCUT2D eigenvalue weighted by Gasteiger charge is 2.39. The summed E-state index contributed by atoms with van der Waals surface area (Å²) in [6.45, 7) is 1.79. The summed E-state index contributed by atoms with van der Waals surface area (Å²) in [5, 5.41) is 0. The highest BCUT2D eigenvalue weighted by Crippen LogP contribution is 2.40. The fourth-order valence-electron chi connectivity index (χ4n) is 3.22. The fourth-order valence-corrected chi connectivity index (χ4v) is 3.22. The van der Waals surface area contributed by atoms with Crippen molar-refractivity contribution in [2.24, 2.45) is 19.8 Å². The molecule has 1 atom stereocenters. The molecule has 1 aliphatic heterocycles. The van der Waals surface area contributed by atoms with Crippen LogP contribution in [-0.4, -0.2) is 28.8 Å². The molecule has 2 N–H and O–H groups in total. The van der Waals surface area contributed by atoms with E-state index in [1.54, 1.807) is 31.2 Å². The molecular weight excluding hydrogens is 366 g/mol. The molecule has 0 aliphatic carbocycles. The highest BCUT2D eigenvalue weighted by atomic mass is 16.5. The van der Waals surface area contributed by atoms with Gasteiger partial charge in [0.15, 0.2) is 0 Å². The lowest BCUT2D eigenvalue weighted by Crippen LogP contribution is -2.43. The van der Waals surface area contributed by atoms with Gasteiger partial charge in [0.05, 0.1) is 25.2 Å². The largest absolute Gasteiger partial charge is 0.497 e. The van der Waals surface area contributed by atoms with Crippen LogP contribution in [0.1, 0.15) is 24.0 Å². The second kappa shape index (κ2) is 7.26. The summed E-state index contributed by atoms with van der Waals surface area (Å²) in [5.41, 5.74) is 5.63. The van der Waals surface area contributed by atoms with Crippen LogP contribution in [0.3, 0.4) is 0 Å². The Bertz CT molecular complexity index is 1080. The van der Waals surface area contributed by atoms with E-state index < -0.39 is 23.1 Å². The lowest BCUT2D eigenvalue weighted by Gasteiger charge is -2.29. The van der Waals surface area contributed by atoms with Crippen LogP contribution in [0, 0.1) is 0 Å². The van der Waals surface area contributed by atoms with Gasteiger partial charge in [-0.25, -0.2) is 9.59 Å². The van der Waals surface area contributed by atoms with E-state index >= 15 is 0 Å². The first-order chi connectivity index (χ1) is 13.3. The summed E-state index contributed by atoms with van der Waals surface area (Å²) < 4.78 is 18.0. The predicted octanol–water partition coefficient (Wildman–Crippen LogP) is 0.350. The molecule has 3 rings (SSSR count). The summed E-state index contributed by atoms with van der Waals surface area (Å²) in [6.07, 6.45) is 0. The molecule has 28 heavy (non-hydrogen) atoms. The van der Waals surface area contributed by atoms with Crippen LogP contribution in [-0.2, 0) is 23.6 Å². The number of esters is 1. The van der Waals surface area contributed by atoms with E-state index in [0.717, 1.165) is 4.57 Å². The number of ether oxygens (including phenoxy) is 3. The maximum absolute atomic E-state index is 13.0. The van der Waals surface area contributed by atoms with E-state index in [2.05, 4.69) is 0 Å². The number of methoxy groups -OCH3 is 1. The van der Waals surface area contributed by atoms with Gasteiger partial charge in [0.25, 0.3) is 5.56 Å². The SMILES string of the molecule is CCOC(=O)C1=C(N)Oc2c(c(=O)n(C)c(=O)n2C)[C@@H]1c1ccc(OC)cc1. The van der Waals surface area contributed by atoms with Crippen LogP contribution in [0.5, 0.6) is 11.6 Å². The molecule has 0 saturated carbocycles. The van der Waals surface area contributed by atoms with Crippen molar-refractivity contribution < 1.29 is 19.0 Å². The Morgan fingerprint density at radius 3 is 2.39 bits per heavy atom. The zero-order valence-electron chi connectivity index (χ0n) is 16.0. The number of nitrogens with zero attached hydrogens (tertiary/aromatic N) is 2. The Hall–Kier alpha value is -3.49. The monoisotopic (exact) mass is 387 g/mol. The Labute approximate surface area is 160 Å². The summed E-state index contributed by atoms with van der Waals surface area (Å²) in [5.74, 6) is -1.16. The molecule has 148 valence electrons. The van der Waals surface area contributed by atoms with Gasteiger partial charge in [0.2, 0.25) is 11.8 Å². The molecule has 0 saturated heterocycles. The standard InChI is InChI=1S/C19H21N3O6/c1-5-27-18(24)13-12(10-6-8-11(26-4)9-7-10)14-16(23)21(2)19(25)22(3)17(14)28-15(13)20/h6-9,12H,5,20H2,1-4H3/t12-/m1/s1. The van der Waals surface area contributed by atoms with Crippen LogP contribution < -0.4 is 26.5 Å². The molecule has 2 heterocycles. The van der Waals surface area contributed by atoms with E-state index in [1.165, 1.54) is 25.8 Å². The zero-order valence-corrected chi connectivity index (χ0v) is 16.0. The third-order valence-electron chi connectivity index (χ3n) is 4.64. The minimum absolute atomic E-state index is 0.000494. The van der Waals surface area contributed by atoms with E-state index in [1.807, 2.05) is 0 Å². The second-order valence-electron chi connectivity index (χ2n) is 6.23. The minimum atomic E-state index is -0.862. The number of fused-ring (bicyclic) bond motifs is 1. The molecule has 0 spiro atoms. The van der Waals surface area contributed by atoms with Crippen LogP contribution in [0.2, 0.25) is 0 Å². The van der Waals surface area contributed by atoms with E-state index in [4.69, 9.17) is 19.9 Å². The first kappa shape index (κ1) is 19.3. The summed E-state index contributed by atoms with van der Waals surface area (Å²) in [4.78, 5) is 37.9. The van der Waals surface area contributed by atoms with E-state index in [-0.39, 0.29) is 29.5 Å². The zero-order chi connectivity index (χ0) is 20.6. The molecule has 1 aromatic carbocycles. The van der Waals surface area contributed by atoms with Gasteiger partial charge in [-0.3, -0.25) is 13.9 Å². The number of benzene rings is 1. The number of rotatable bonds is 4. The average molecular weight is 387 g/mol. The van der Waals surface area contributed by atoms with Crippen molar-refractivity contribution in [3.05, 3.63) is 67.7 Å². The molecule has 2 aromatic rings. The maximum atomic E-state index is 13.0. The average Bonchev–Trinajstić information content (AvgIpc) is 2.70. The Kier molecular flexibility index (Phi) is 5.00.